The molecule has 1 aliphatic heterocycles. The minimum absolute atomic E-state index is 0.157. The number of halogens is 2. The highest BCUT2D eigenvalue weighted by molar-refractivity contribution is 14.1. The van der Waals surface area contributed by atoms with Crippen molar-refractivity contribution in [3.05, 3.63) is 114 Å². The monoisotopic (exact) mass is 751 g/mol. The van der Waals surface area contributed by atoms with Crippen LogP contribution in [0.4, 0.5) is 0 Å². The molecule has 0 amide bonds. The summed E-state index contributed by atoms with van der Waals surface area (Å²) in [6.45, 7) is 3.61. The number of ketones is 2. The van der Waals surface area contributed by atoms with E-state index in [4.69, 9.17) is 9.47 Å². The van der Waals surface area contributed by atoms with Crippen LogP contribution >= 0.6 is 38.5 Å². The molecule has 43 heavy (non-hydrogen) atoms. The summed E-state index contributed by atoms with van der Waals surface area (Å²) in [6, 6.07) is 22.6. The van der Waals surface area contributed by atoms with E-state index in [1.165, 1.54) is 5.56 Å². The summed E-state index contributed by atoms with van der Waals surface area (Å²) in [5, 5.41) is 0. The van der Waals surface area contributed by atoms with Crippen molar-refractivity contribution in [3.63, 3.8) is 0 Å². The summed E-state index contributed by atoms with van der Waals surface area (Å²) >= 11 is 5.79. The fourth-order valence-electron chi connectivity index (χ4n) is 6.60. The van der Waals surface area contributed by atoms with Crippen molar-refractivity contribution in [2.45, 2.75) is 64.4 Å². The number of hydrogen-bond donors (Lipinski definition) is 0. The molecule has 0 fully saturated rings. The minimum Gasteiger partial charge on any atom is -0.490 e. The standard InChI is InChI=1S/C36H35BrINO4/c1-2-42-32-21-25(20-27(38)36(32)43-22-24-14-16-26(37)17-15-24)33-34-28(10-6-12-30(34)40)39(19-18-23-8-4-3-5-9-23)29-11-7-13-31(41)35(29)33/h3-5,8-9,14-17,20-21,33H,2,6-7,10-13,18-19,22H2,1H3. The van der Waals surface area contributed by atoms with Crippen LogP contribution in [0.25, 0.3) is 0 Å². The predicted molar refractivity (Wildman–Crippen MR) is 180 cm³/mol. The summed E-state index contributed by atoms with van der Waals surface area (Å²) in [6.07, 6.45) is 5.27. The number of benzene rings is 3. The molecule has 222 valence electrons. The molecular formula is C36H35BrINO4. The molecule has 3 aliphatic rings. The van der Waals surface area contributed by atoms with Crippen LogP contribution in [0.5, 0.6) is 11.5 Å². The highest BCUT2D eigenvalue weighted by Gasteiger charge is 2.43. The molecule has 0 aromatic heterocycles. The smallest absolute Gasteiger partial charge is 0.174 e. The first-order valence-corrected chi connectivity index (χ1v) is 17.0. The Labute approximate surface area is 275 Å². The second-order valence-electron chi connectivity index (χ2n) is 11.3. The molecule has 1 heterocycles. The van der Waals surface area contributed by atoms with E-state index in [1.807, 2.05) is 43.3 Å². The zero-order valence-corrected chi connectivity index (χ0v) is 28.1. The molecule has 0 spiro atoms. The van der Waals surface area contributed by atoms with Crippen molar-refractivity contribution < 1.29 is 19.1 Å². The first-order valence-electron chi connectivity index (χ1n) is 15.1. The number of allylic oxidation sites excluding steroid dienone is 4. The number of hydrogen-bond acceptors (Lipinski definition) is 5. The molecule has 0 atom stereocenters. The third-order valence-electron chi connectivity index (χ3n) is 8.51. The van der Waals surface area contributed by atoms with Crippen LogP contribution in [0, 0.1) is 3.57 Å². The fraction of sp³-hybridized carbons (Fsp3) is 0.333. The highest BCUT2D eigenvalue weighted by atomic mass is 127. The average molecular weight is 752 g/mol. The van der Waals surface area contributed by atoms with E-state index in [-0.39, 0.29) is 17.5 Å². The van der Waals surface area contributed by atoms with Crippen molar-refractivity contribution in [3.8, 4) is 11.5 Å². The number of Topliss-reactive ketones (excluding diaryl/α,β-unsaturated/α-hetero) is 2. The minimum atomic E-state index is -0.383. The zero-order chi connectivity index (χ0) is 29.9. The Morgan fingerprint density at radius 3 is 2.12 bits per heavy atom. The molecule has 5 nitrogen and oxygen atoms in total. The lowest BCUT2D eigenvalue weighted by Crippen LogP contribution is -2.40. The Morgan fingerprint density at radius 2 is 1.49 bits per heavy atom. The topological polar surface area (TPSA) is 55.8 Å². The van der Waals surface area contributed by atoms with Crippen LogP contribution in [-0.4, -0.2) is 29.6 Å². The maximum absolute atomic E-state index is 13.8. The molecule has 3 aromatic rings. The van der Waals surface area contributed by atoms with Crippen molar-refractivity contribution in [1.82, 2.24) is 4.90 Å². The van der Waals surface area contributed by atoms with Gasteiger partial charge in [0.15, 0.2) is 23.1 Å². The number of ether oxygens (including phenoxy) is 2. The lowest BCUT2D eigenvalue weighted by molar-refractivity contribution is -0.117. The number of nitrogens with zero attached hydrogens (tertiary/aromatic N) is 1. The largest absolute Gasteiger partial charge is 0.490 e. The summed E-state index contributed by atoms with van der Waals surface area (Å²) in [5.41, 5.74) is 7.05. The van der Waals surface area contributed by atoms with Crippen LogP contribution < -0.4 is 9.47 Å². The Morgan fingerprint density at radius 1 is 0.837 bits per heavy atom. The van der Waals surface area contributed by atoms with Gasteiger partial charge in [-0.15, -0.1) is 0 Å². The number of rotatable bonds is 9. The Balaban J connectivity index is 1.41. The van der Waals surface area contributed by atoms with Gasteiger partial charge in [0.2, 0.25) is 0 Å². The third-order valence-corrected chi connectivity index (χ3v) is 9.84. The molecule has 0 unspecified atom stereocenters. The van der Waals surface area contributed by atoms with Crippen LogP contribution in [-0.2, 0) is 22.6 Å². The van der Waals surface area contributed by atoms with E-state index in [9.17, 15) is 9.59 Å². The molecule has 6 rings (SSSR count). The van der Waals surface area contributed by atoms with Gasteiger partial charge in [0, 0.05) is 52.3 Å². The van der Waals surface area contributed by atoms with E-state index >= 15 is 0 Å². The van der Waals surface area contributed by atoms with Crippen LogP contribution in [0.2, 0.25) is 0 Å². The van der Waals surface area contributed by atoms with Gasteiger partial charge in [-0.05, 0) is 103 Å². The third kappa shape index (κ3) is 6.34. The fourth-order valence-corrected chi connectivity index (χ4v) is 7.64. The van der Waals surface area contributed by atoms with Crippen LogP contribution in [0.3, 0.4) is 0 Å². The predicted octanol–water partition coefficient (Wildman–Crippen LogP) is 8.69. The second kappa shape index (κ2) is 13.4. The van der Waals surface area contributed by atoms with Gasteiger partial charge in [0.05, 0.1) is 10.2 Å². The van der Waals surface area contributed by atoms with E-state index in [0.29, 0.717) is 37.6 Å². The van der Waals surface area contributed by atoms with Gasteiger partial charge >= 0.3 is 0 Å². The quantitative estimate of drug-likeness (QED) is 0.205. The van der Waals surface area contributed by atoms with Gasteiger partial charge in [-0.2, -0.15) is 0 Å². The molecule has 0 saturated heterocycles. The molecule has 7 heteroatoms. The van der Waals surface area contributed by atoms with Gasteiger partial charge < -0.3 is 14.4 Å². The Kier molecular flexibility index (Phi) is 9.38. The molecule has 0 radical (unpaired) electrons. The summed E-state index contributed by atoms with van der Waals surface area (Å²) in [4.78, 5) is 29.9. The summed E-state index contributed by atoms with van der Waals surface area (Å²) < 4.78 is 14.4. The van der Waals surface area contributed by atoms with Crippen LogP contribution in [0.15, 0.2) is 93.7 Å². The lowest BCUT2D eigenvalue weighted by atomic mass is 9.71. The van der Waals surface area contributed by atoms with Crippen LogP contribution in [0.1, 0.15) is 68.1 Å². The van der Waals surface area contributed by atoms with Crippen molar-refractivity contribution in [2.24, 2.45) is 0 Å². The Bertz CT molecular complexity index is 1550. The van der Waals surface area contributed by atoms with Crippen molar-refractivity contribution in [2.75, 3.05) is 13.2 Å². The molecular weight excluding hydrogens is 717 g/mol. The maximum atomic E-state index is 13.8. The van der Waals surface area contributed by atoms with E-state index in [2.05, 4.69) is 73.8 Å². The maximum Gasteiger partial charge on any atom is 0.174 e. The van der Waals surface area contributed by atoms with Gasteiger partial charge in [-0.25, -0.2) is 0 Å². The SMILES string of the molecule is CCOc1cc(C2C3=C(CCCC3=O)N(CCc3ccccc3)C3=C2C(=O)CCC3)cc(I)c1OCc1ccc(Br)cc1. The first kappa shape index (κ1) is 30.1. The normalized spacial score (nSPS) is 17.2. The molecule has 2 aliphatic carbocycles. The molecule has 3 aromatic carbocycles. The van der Waals surface area contributed by atoms with E-state index in [0.717, 1.165) is 80.4 Å². The average Bonchev–Trinajstić information content (AvgIpc) is 3.01. The summed E-state index contributed by atoms with van der Waals surface area (Å²) in [7, 11) is 0. The first-order chi connectivity index (χ1) is 20.9. The summed E-state index contributed by atoms with van der Waals surface area (Å²) in [5.74, 6) is 1.26. The van der Waals surface area contributed by atoms with E-state index in [1.54, 1.807) is 0 Å². The van der Waals surface area contributed by atoms with Gasteiger partial charge in [0.1, 0.15) is 6.61 Å². The Hall–Kier alpha value is -2.91. The van der Waals surface area contributed by atoms with Crippen molar-refractivity contribution >= 4 is 50.1 Å². The van der Waals surface area contributed by atoms with Gasteiger partial charge in [-0.3, -0.25) is 9.59 Å². The molecule has 0 bridgehead atoms. The molecule has 0 N–H and O–H groups in total. The highest BCUT2D eigenvalue weighted by Crippen LogP contribution is 2.50. The molecule has 0 saturated carbocycles. The lowest BCUT2D eigenvalue weighted by Gasteiger charge is -2.44. The second-order valence-corrected chi connectivity index (χ2v) is 13.4. The van der Waals surface area contributed by atoms with Gasteiger partial charge in [0.25, 0.3) is 0 Å². The zero-order valence-electron chi connectivity index (χ0n) is 24.3. The number of carbonyl (C=O) groups is 2. The number of carbonyl (C=O) groups excluding carboxylic acids is 2. The van der Waals surface area contributed by atoms with E-state index < -0.39 is 0 Å². The van der Waals surface area contributed by atoms with Gasteiger partial charge in [-0.1, -0.05) is 58.4 Å². The van der Waals surface area contributed by atoms with Crippen molar-refractivity contribution in [1.29, 1.82) is 0 Å².